The summed E-state index contributed by atoms with van der Waals surface area (Å²) in [6.07, 6.45) is 0. The number of nitrogens with one attached hydrogen (secondary N) is 1. The second-order valence-corrected chi connectivity index (χ2v) is 3.86. The molecule has 0 heterocycles. The maximum Gasteiger partial charge on any atom is 0.230 e. The molecule has 4 heteroatoms. The van der Waals surface area contributed by atoms with Crippen LogP contribution in [0.5, 0.6) is 17.2 Å². The fourth-order valence-electron chi connectivity index (χ4n) is 1.56. The number of ether oxygens (including phenoxy) is 3. The predicted octanol–water partition coefficient (Wildman–Crippen LogP) is 3.15. The second-order valence-electron chi connectivity index (χ2n) is 3.86. The quantitative estimate of drug-likeness (QED) is 0.809. The molecule has 1 N–H and O–H groups in total. The molecule has 0 saturated heterocycles. The van der Waals surface area contributed by atoms with Crippen molar-refractivity contribution in [1.82, 2.24) is 0 Å². The first-order valence-corrected chi connectivity index (χ1v) is 5.99. The number of anilines is 1. The Morgan fingerprint density at radius 1 is 0.789 bits per heavy atom. The van der Waals surface area contributed by atoms with Crippen molar-refractivity contribution in [3.05, 3.63) is 48.5 Å². The Morgan fingerprint density at radius 2 is 1.26 bits per heavy atom. The highest BCUT2D eigenvalue weighted by Crippen LogP contribution is 2.18. The van der Waals surface area contributed by atoms with Crippen LogP contribution in [0.1, 0.15) is 0 Å². The van der Waals surface area contributed by atoms with E-state index in [0.717, 1.165) is 22.9 Å². The van der Waals surface area contributed by atoms with Gasteiger partial charge in [-0.2, -0.15) is 0 Å². The van der Waals surface area contributed by atoms with Gasteiger partial charge in [0.05, 0.1) is 7.11 Å². The first-order chi connectivity index (χ1) is 9.31. The lowest BCUT2D eigenvalue weighted by atomic mass is 10.3. The van der Waals surface area contributed by atoms with Crippen LogP contribution in [0.4, 0.5) is 5.69 Å². The van der Waals surface area contributed by atoms with E-state index in [-0.39, 0.29) is 6.79 Å². The van der Waals surface area contributed by atoms with Gasteiger partial charge >= 0.3 is 0 Å². The van der Waals surface area contributed by atoms with E-state index < -0.39 is 0 Å². The molecule has 0 bridgehead atoms. The third kappa shape index (κ3) is 3.81. The monoisotopic (exact) mass is 259 g/mol. The highest BCUT2D eigenvalue weighted by atomic mass is 16.7. The molecule has 0 saturated carbocycles. The molecular weight excluding hydrogens is 242 g/mol. The van der Waals surface area contributed by atoms with Crippen LogP contribution >= 0.6 is 0 Å². The van der Waals surface area contributed by atoms with Gasteiger partial charge in [0.15, 0.2) is 0 Å². The summed E-state index contributed by atoms with van der Waals surface area (Å²) < 4.78 is 16.0. The van der Waals surface area contributed by atoms with Crippen molar-refractivity contribution < 1.29 is 14.2 Å². The normalized spacial score (nSPS) is 9.79. The Kier molecular flexibility index (Phi) is 4.50. The molecule has 0 atom stereocenters. The Labute approximate surface area is 112 Å². The molecule has 0 aliphatic carbocycles. The van der Waals surface area contributed by atoms with Crippen molar-refractivity contribution in [2.75, 3.05) is 26.3 Å². The summed E-state index contributed by atoms with van der Waals surface area (Å²) in [5.41, 5.74) is 1.04. The third-order valence-corrected chi connectivity index (χ3v) is 2.65. The van der Waals surface area contributed by atoms with Crippen molar-refractivity contribution in [3.8, 4) is 17.2 Å². The highest BCUT2D eigenvalue weighted by molar-refractivity contribution is 5.45. The molecule has 0 aliphatic rings. The number of hydrogen-bond donors (Lipinski definition) is 1. The SMILES string of the molecule is CNc1ccc(OCOc2ccc(OC)cc2)cc1. The Bertz CT molecular complexity index is 446. The number of methoxy groups -OCH3 is 1. The zero-order valence-corrected chi connectivity index (χ0v) is 11.1. The minimum atomic E-state index is 0.172. The van der Waals surface area contributed by atoms with Gasteiger partial charge in [-0.15, -0.1) is 0 Å². The topological polar surface area (TPSA) is 39.7 Å². The van der Waals surface area contributed by atoms with Crippen LogP contribution in [0.3, 0.4) is 0 Å². The van der Waals surface area contributed by atoms with Gasteiger partial charge in [-0.25, -0.2) is 0 Å². The largest absolute Gasteiger partial charge is 0.497 e. The fraction of sp³-hybridized carbons (Fsp3) is 0.200. The fourth-order valence-corrected chi connectivity index (χ4v) is 1.56. The molecule has 0 spiro atoms. The molecule has 2 aromatic carbocycles. The molecule has 4 nitrogen and oxygen atoms in total. The van der Waals surface area contributed by atoms with Gasteiger partial charge in [0.25, 0.3) is 0 Å². The maximum absolute atomic E-state index is 5.48. The molecule has 0 aromatic heterocycles. The summed E-state index contributed by atoms with van der Waals surface area (Å²) in [4.78, 5) is 0. The molecule has 0 fully saturated rings. The Hall–Kier alpha value is -2.36. The van der Waals surface area contributed by atoms with E-state index >= 15 is 0 Å². The molecule has 100 valence electrons. The zero-order valence-electron chi connectivity index (χ0n) is 11.1. The number of benzene rings is 2. The summed E-state index contributed by atoms with van der Waals surface area (Å²) in [7, 11) is 3.51. The van der Waals surface area contributed by atoms with Crippen molar-refractivity contribution >= 4 is 5.69 Å². The average molecular weight is 259 g/mol. The summed E-state index contributed by atoms with van der Waals surface area (Å²) >= 11 is 0. The summed E-state index contributed by atoms with van der Waals surface area (Å²) in [6, 6.07) is 15.0. The molecule has 19 heavy (non-hydrogen) atoms. The minimum Gasteiger partial charge on any atom is -0.497 e. The molecular formula is C15H17NO3. The van der Waals surface area contributed by atoms with Crippen molar-refractivity contribution in [1.29, 1.82) is 0 Å². The second kappa shape index (κ2) is 6.54. The minimum absolute atomic E-state index is 0.172. The van der Waals surface area contributed by atoms with E-state index in [1.165, 1.54) is 0 Å². The van der Waals surface area contributed by atoms with E-state index in [9.17, 15) is 0 Å². The molecule has 0 radical (unpaired) electrons. The van der Waals surface area contributed by atoms with E-state index in [2.05, 4.69) is 5.32 Å². The molecule has 2 aromatic rings. The van der Waals surface area contributed by atoms with Gasteiger partial charge in [-0.1, -0.05) is 0 Å². The van der Waals surface area contributed by atoms with E-state index in [1.54, 1.807) is 7.11 Å². The first kappa shape index (κ1) is 13.1. The average Bonchev–Trinajstić information content (AvgIpc) is 2.49. The maximum atomic E-state index is 5.48. The van der Waals surface area contributed by atoms with Crippen molar-refractivity contribution in [3.63, 3.8) is 0 Å². The van der Waals surface area contributed by atoms with Crippen molar-refractivity contribution in [2.45, 2.75) is 0 Å². The van der Waals surface area contributed by atoms with Crippen LogP contribution in [0, 0.1) is 0 Å². The van der Waals surface area contributed by atoms with Crippen LogP contribution in [-0.2, 0) is 0 Å². The molecule has 0 unspecified atom stereocenters. The summed E-state index contributed by atoms with van der Waals surface area (Å²) in [5, 5.41) is 3.05. The highest BCUT2D eigenvalue weighted by Gasteiger charge is 1.97. The van der Waals surface area contributed by atoms with E-state index in [1.807, 2.05) is 55.6 Å². The summed E-state index contributed by atoms with van der Waals surface area (Å²) in [5.74, 6) is 2.32. The number of hydrogen-bond acceptors (Lipinski definition) is 4. The Balaban J connectivity index is 1.81. The lowest BCUT2D eigenvalue weighted by Crippen LogP contribution is -2.05. The molecule has 2 rings (SSSR count). The molecule has 0 aliphatic heterocycles. The van der Waals surface area contributed by atoms with Gasteiger partial charge in [-0.05, 0) is 48.5 Å². The van der Waals surface area contributed by atoms with E-state index in [0.29, 0.717) is 0 Å². The smallest absolute Gasteiger partial charge is 0.230 e. The van der Waals surface area contributed by atoms with Gasteiger partial charge in [0.1, 0.15) is 17.2 Å². The van der Waals surface area contributed by atoms with Crippen LogP contribution in [0.2, 0.25) is 0 Å². The van der Waals surface area contributed by atoms with Gasteiger partial charge in [-0.3, -0.25) is 0 Å². The van der Waals surface area contributed by atoms with Gasteiger partial charge < -0.3 is 19.5 Å². The lowest BCUT2D eigenvalue weighted by molar-refractivity contribution is 0.120. The lowest BCUT2D eigenvalue weighted by Gasteiger charge is -2.09. The number of rotatable bonds is 6. The van der Waals surface area contributed by atoms with Crippen molar-refractivity contribution in [2.24, 2.45) is 0 Å². The van der Waals surface area contributed by atoms with Crippen LogP contribution in [0.15, 0.2) is 48.5 Å². The van der Waals surface area contributed by atoms with Crippen LogP contribution in [-0.4, -0.2) is 21.0 Å². The van der Waals surface area contributed by atoms with Gasteiger partial charge in [0, 0.05) is 12.7 Å². The third-order valence-electron chi connectivity index (χ3n) is 2.65. The predicted molar refractivity (Wildman–Crippen MR) is 75.1 cm³/mol. The first-order valence-electron chi connectivity index (χ1n) is 5.99. The van der Waals surface area contributed by atoms with Crippen LogP contribution < -0.4 is 19.5 Å². The zero-order chi connectivity index (χ0) is 13.5. The Morgan fingerprint density at radius 3 is 1.74 bits per heavy atom. The van der Waals surface area contributed by atoms with Crippen LogP contribution in [0.25, 0.3) is 0 Å². The van der Waals surface area contributed by atoms with E-state index in [4.69, 9.17) is 14.2 Å². The van der Waals surface area contributed by atoms with Gasteiger partial charge in [0.2, 0.25) is 6.79 Å². The molecule has 0 amide bonds. The summed E-state index contributed by atoms with van der Waals surface area (Å²) in [6.45, 7) is 0.172. The standard InChI is InChI=1S/C15H17NO3/c1-16-12-3-5-14(6-4-12)18-11-19-15-9-7-13(17-2)8-10-15/h3-10,16H,11H2,1-2H3.